The first kappa shape index (κ1) is 14.0. The SMILES string of the molecule is CNC(C)c1ccc(OCc2noc(C3CC3)n2)cc1F. The van der Waals surface area contributed by atoms with Crippen LogP contribution in [0, 0.1) is 5.82 Å². The predicted molar refractivity (Wildman–Crippen MR) is 74.5 cm³/mol. The standard InChI is InChI=1S/C15H18FN3O2/c1-9(17-2)12-6-5-11(7-13(12)16)20-8-14-18-15(21-19-14)10-3-4-10/h5-7,9-10,17H,3-4,8H2,1-2H3. The lowest BCUT2D eigenvalue weighted by atomic mass is 10.1. The van der Waals surface area contributed by atoms with E-state index in [1.54, 1.807) is 19.2 Å². The number of hydrogen-bond acceptors (Lipinski definition) is 5. The van der Waals surface area contributed by atoms with Gasteiger partial charge in [0.1, 0.15) is 11.6 Å². The summed E-state index contributed by atoms with van der Waals surface area (Å²) < 4.78 is 24.6. The minimum Gasteiger partial charge on any atom is -0.485 e. The molecule has 3 rings (SSSR count). The third-order valence-corrected chi connectivity index (χ3v) is 3.65. The van der Waals surface area contributed by atoms with E-state index in [9.17, 15) is 4.39 Å². The van der Waals surface area contributed by atoms with Gasteiger partial charge in [-0.3, -0.25) is 0 Å². The van der Waals surface area contributed by atoms with Crippen molar-refractivity contribution in [1.29, 1.82) is 0 Å². The minimum atomic E-state index is -0.291. The third-order valence-electron chi connectivity index (χ3n) is 3.65. The highest BCUT2D eigenvalue weighted by atomic mass is 19.1. The Morgan fingerprint density at radius 1 is 1.48 bits per heavy atom. The number of rotatable bonds is 6. The van der Waals surface area contributed by atoms with Gasteiger partial charge in [-0.15, -0.1) is 0 Å². The van der Waals surface area contributed by atoms with Crippen molar-refractivity contribution in [2.24, 2.45) is 0 Å². The molecular formula is C15H18FN3O2. The average Bonchev–Trinajstić information content (AvgIpc) is 3.23. The lowest BCUT2D eigenvalue weighted by molar-refractivity contribution is 0.283. The number of nitrogens with zero attached hydrogens (tertiary/aromatic N) is 2. The highest BCUT2D eigenvalue weighted by Crippen LogP contribution is 2.38. The number of aromatic nitrogens is 2. The minimum absolute atomic E-state index is 0.0441. The third kappa shape index (κ3) is 3.21. The summed E-state index contributed by atoms with van der Waals surface area (Å²) in [6.45, 7) is 2.08. The second-order valence-electron chi connectivity index (χ2n) is 5.31. The van der Waals surface area contributed by atoms with Gasteiger partial charge in [-0.05, 0) is 32.9 Å². The van der Waals surface area contributed by atoms with Gasteiger partial charge in [-0.25, -0.2) is 4.39 Å². The molecule has 21 heavy (non-hydrogen) atoms. The molecule has 1 aromatic heterocycles. The molecule has 0 bridgehead atoms. The van der Waals surface area contributed by atoms with Crippen molar-refractivity contribution >= 4 is 0 Å². The first-order valence-corrected chi connectivity index (χ1v) is 7.09. The van der Waals surface area contributed by atoms with Crippen LogP contribution >= 0.6 is 0 Å². The quantitative estimate of drug-likeness (QED) is 0.886. The van der Waals surface area contributed by atoms with Crippen LogP contribution in [0.1, 0.15) is 49.0 Å². The second kappa shape index (κ2) is 5.81. The Balaban J connectivity index is 1.63. The van der Waals surface area contributed by atoms with E-state index in [-0.39, 0.29) is 18.5 Å². The fraction of sp³-hybridized carbons (Fsp3) is 0.467. The number of hydrogen-bond donors (Lipinski definition) is 1. The Hall–Kier alpha value is -1.95. The highest BCUT2D eigenvalue weighted by Gasteiger charge is 2.29. The summed E-state index contributed by atoms with van der Waals surface area (Å²) in [5, 5.41) is 6.86. The van der Waals surface area contributed by atoms with E-state index in [0.717, 1.165) is 12.8 Å². The summed E-state index contributed by atoms with van der Waals surface area (Å²) in [6, 6.07) is 4.80. The molecule has 0 radical (unpaired) electrons. The molecule has 112 valence electrons. The van der Waals surface area contributed by atoms with Crippen LogP contribution < -0.4 is 10.1 Å². The summed E-state index contributed by atoms with van der Waals surface area (Å²) in [6.07, 6.45) is 2.22. The zero-order chi connectivity index (χ0) is 14.8. The molecular weight excluding hydrogens is 273 g/mol. The van der Waals surface area contributed by atoms with E-state index in [0.29, 0.717) is 28.9 Å². The Morgan fingerprint density at radius 2 is 2.29 bits per heavy atom. The summed E-state index contributed by atoms with van der Waals surface area (Å²) >= 11 is 0. The van der Waals surface area contributed by atoms with Gasteiger partial charge in [-0.2, -0.15) is 4.98 Å². The predicted octanol–water partition coefficient (Wildman–Crippen LogP) is 2.95. The van der Waals surface area contributed by atoms with E-state index < -0.39 is 0 Å². The first-order valence-electron chi connectivity index (χ1n) is 7.09. The van der Waals surface area contributed by atoms with Crippen molar-refractivity contribution < 1.29 is 13.7 Å². The fourth-order valence-electron chi connectivity index (χ4n) is 2.07. The molecule has 5 nitrogen and oxygen atoms in total. The summed E-state index contributed by atoms with van der Waals surface area (Å²) in [5.74, 6) is 1.76. The van der Waals surface area contributed by atoms with Crippen LogP contribution in [-0.2, 0) is 6.61 Å². The molecule has 1 atom stereocenters. The molecule has 1 aliphatic carbocycles. The summed E-state index contributed by atoms with van der Waals surface area (Å²) in [4.78, 5) is 4.26. The van der Waals surface area contributed by atoms with E-state index >= 15 is 0 Å². The number of benzene rings is 1. The van der Waals surface area contributed by atoms with Gasteiger partial charge in [0.05, 0.1) is 0 Å². The van der Waals surface area contributed by atoms with Gasteiger partial charge in [0, 0.05) is 23.6 Å². The highest BCUT2D eigenvalue weighted by molar-refractivity contribution is 5.30. The van der Waals surface area contributed by atoms with Crippen molar-refractivity contribution in [3.05, 3.63) is 41.3 Å². The van der Waals surface area contributed by atoms with Crippen LogP contribution in [0.15, 0.2) is 22.7 Å². The Labute approximate surface area is 122 Å². The molecule has 1 N–H and O–H groups in total. The molecule has 1 heterocycles. The molecule has 0 aliphatic heterocycles. The molecule has 0 amide bonds. The van der Waals surface area contributed by atoms with Crippen molar-refractivity contribution in [3.8, 4) is 5.75 Å². The maximum atomic E-state index is 14.0. The molecule has 1 aliphatic rings. The van der Waals surface area contributed by atoms with E-state index in [1.165, 1.54) is 6.07 Å². The number of ether oxygens (including phenoxy) is 1. The summed E-state index contributed by atoms with van der Waals surface area (Å²) in [7, 11) is 1.79. The largest absolute Gasteiger partial charge is 0.485 e. The molecule has 6 heteroatoms. The molecule has 1 aromatic carbocycles. The monoisotopic (exact) mass is 291 g/mol. The van der Waals surface area contributed by atoms with E-state index in [2.05, 4.69) is 15.5 Å². The summed E-state index contributed by atoms with van der Waals surface area (Å²) in [5.41, 5.74) is 0.612. The lowest BCUT2D eigenvalue weighted by Crippen LogP contribution is -2.13. The smallest absolute Gasteiger partial charge is 0.229 e. The van der Waals surface area contributed by atoms with Gasteiger partial charge in [0.2, 0.25) is 11.7 Å². The Bertz CT molecular complexity index is 625. The van der Waals surface area contributed by atoms with Crippen LogP contribution in [0.5, 0.6) is 5.75 Å². The zero-order valence-corrected chi connectivity index (χ0v) is 12.1. The topological polar surface area (TPSA) is 60.2 Å². The molecule has 1 unspecified atom stereocenters. The maximum Gasteiger partial charge on any atom is 0.229 e. The van der Waals surface area contributed by atoms with Crippen molar-refractivity contribution in [2.75, 3.05) is 7.05 Å². The van der Waals surface area contributed by atoms with Crippen LogP contribution in [-0.4, -0.2) is 17.2 Å². The zero-order valence-electron chi connectivity index (χ0n) is 12.1. The maximum absolute atomic E-state index is 14.0. The van der Waals surface area contributed by atoms with Crippen LogP contribution in [0.25, 0.3) is 0 Å². The Kier molecular flexibility index (Phi) is 3.88. The molecule has 2 aromatic rings. The first-order chi connectivity index (χ1) is 10.2. The van der Waals surface area contributed by atoms with Gasteiger partial charge >= 0.3 is 0 Å². The van der Waals surface area contributed by atoms with Gasteiger partial charge in [-0.1, -0.05) is 11.2 Å². The number of nitrogens with one attached hydrogen (secondary N) is 1. The van der Waals surface area contributed by atoms with Crippen LogP contribution in [0.4, 0.5) is 4.39 Å². The average molecular weight is 291 g/mol. The van der Waals surface area contributed by atoms with Gasteiger partial charge in [0.25, 0.3) is 0 Å². The molecule has 1 saturated carbocycles. The van der Waals surface area contributed by atoms with Crippen LogP contribution in [0.2, 0.25) is 0 Å². The normalized spacial score (nSPS) is 16.0. The van der Waals surface area contributed by atoms with E-state index in [1.807, 2.05) is 6.92 Å². The Morgan fingerprint density at radius 3 is 2.95 bits per heavy atom. The van der Waals surface area contributed by atoms with Gasteiger partial charge in [0.15, 0.2) is 6.61 Å². The molecule has 1 fully saturated rings. The van der Waals surface area contributed by atoms with E-state index in [4.69, 9.17) is 9.26 Å². The van der Waals surface area contributed by atoms with Crippen molar-refractivity contribution in [2.45, 2.75) is 38.3 Å². The lowest BCUT2D eigenvalue weighted by Gasteiger charge is -2.12. The second-order valence-corrected chi connectivity index (χ2v) is 5.31. The van der Waals surface area contributed by atoms with Crippen LogP contribution in [0.3, 0.4) is 0 Å². The fourth-order valence-corrected chi connectivity index (χ4v) is 2.07. The molecule has 0 spiro atoms. The van der Waals surface area contributed by atoms with Gasteiger partial charge < -0.3 is 14.6 Å². The van der Waals surface area contributed by atoms with Crippen molar-refractivity contribution in [1.82, 2.24) is 15.5 Å². The van der Waals surface area contributed by atoms with Crippen molar-refractivity contribution in [3.63, 3.8) is 0 Å². The number of halogens is 1. The molecule has 0 saturated heterocycles.